The van der Waals surface area contributed by atoms with Gasteiger partial charge in [-0.1, -0.05) is 18.7 Å². The van der Waals surface area contributed by atoms with E-state index in [4.69, 9.17) is 11.6 Å². The van der Waals surface area contributed by atoms with Gasteiger partial charge in [0.05, 0.1) is 11.1 Å². The van der Waals surface area contributed by atoms with Crippen LogP contribution in [0.2, 0.25) is 0 Å². The van der Waals surface area contributed by atoms with Crippen molar-refractivity contribution in [3.05, 3.63) is 47.5 Å². The zero-order valence-electron chi connectivity index (χ0n) is 9.48. The average molecular weight is 264 g/mol. The fourth-order valence-corrected chi connectivity index (χ4v) is 1.88. The maximum atomic E-state index is 11.9. The van der Waals surface area contributed by atoms with Crippen molar-refractivity contribution in [2.45, 2.75) is 6.42 Å². The normalized spacial score (nSPS) is 13.7. The zero-order chi connectivity index (χ0) is 13.3. The van der Waals surface area contributed by atoms with E-state index in [0.717, 1.165) is 4.90 Å². The van der Waals surface area contributed by atoms with Gasteiger partial charge in [0.2, 0.25) is 5.24 Å². The first-order chi connectivity index (χ1) is 8.52. The Hall–Kier alpha value is -1.94. The minimum atomic E-state index is -0.647. The summed E-state index contributed by atoms with van der Waals surface area (Å²) in [6.45, 7) is 3.60. The minimum absolute atomic E-state index is 0.115. The molecule has 2 amide bonds. The molecular weight excluding hydrogens is 254 g/mol. The Balaban J connectivity index is 2.14. The van der Waals surface area contributed by atoms with Crippen LogP contribution in [0.5, 0.6) is 0 Å². The van der Waals surface area contributed by atoms with Crippen LogP contribution in [0.4, 0.5) is 0 Å². The topological polar surface area (TPSA) is 54.5 Å². The highest BCUT2D eigenvalue weighted by Gasteiger charge is 2.34. The van der Waals surface area contributed by atoms with Crippen molar-refractivity contribution in [1.29, 1.82) is 0 Å². The molecule has 5 heteroatoms. The smallest absolute Gasteiger partial charge is 0.261 e. The van der Waals surface area contributed by atoms with Gasteiger partial charge in [-0.3, -0.25) is 19.3 Å². The number of fused-ring (bicyclic) bond motifs is 1. The van der Waals surface area contributed by atoms with Crippen LogP contribution < -0.4 is 0 Å². The van der Waals surface area contributed by atoms with Gasteiger partial charge in [-0.25, -0.2) is 0 Å². The molecular formula is C13H10ClNO3. The van der Waals surface area contributed by atoms with Crippen LogP contribution in [0.25, 0.3) is 0 Å². The standard InChI is InChI=1S/C13H10ClNO3/c1-8(11(14)16)6-7-15-12(17)9-4-2-3-5-10(9)13(15)18/h2-5H,1,6-7H2. The molecule has 0 bridgehead atoms. The van der Waals surface area contributed by atoms with Gasteiger partial charge in [0.25, 0.3) is 11.8 Å². The largest absolute Gasteiger partial charge is 0.276 e. The van der Waals surface area contributed by atoms with Crippen LogP contribution in [0.15, 0.2) is 36.4 Å². The molecule has 18 heavy (non-hydrogen) atoms. The fourth-order valence-electron chi connectivity index (χ4n) is 1.79. The average Bonchev–Trinajstić information content (AvgIpc) is 2.60. The highest BCUT2D eigenvalue weighted by molar-refractivity contribution is 6.67. The van der Waals surface area contributed by atoms with Crippen molar-refractivity contribution >= 4 is 28.7 Å². The molecule has 1 aliphatic rings. The lowest BCUT2D eigenvalue weighted by molar-refractivity contribution is -0.108. The summed E-state index contributed by atoms with van der Waals surface area (Å²) in [6.07, 6.45) is 0.188. The maximum absolute atomic E-state index is 11.9. The number of hydrogen-bond acceptors (Lipinski definition) is 3. The van der Waals surface area contributed by atoms with Crippen LogP contribution in [-0.4, -0.2) is 28.5 Å². The Morgan fingerprint density at radius 1 is 1.17 bits per heavy atom. The molecule has 0 fully saturated rings. The molecule has 0 aliphatic carbocycles. The molecule has 0 spiro atoms. The first-order valence-electron chi connectivity index (χ1n) is 5.35. The molecule has 1 aliphatic heterocycles. The predicted octanol–water partition coefficient (Wildman–Crippen LogP) is 1.99. The third kappa shape index (κ3) is 2.07. The number of halogens is 1. The molecule has 0 aromatic heterocycles. The first kappa shape index (κ1) is 12.5. The summed E-state index contributed by atoms with van der Waals surface area (Å²) < 4.78 is 0. The molecule has 92 valence electrons. The second kappa shape index (κ2) is 4.74. The second-order valence-corrected chi connectivity index (χ2v) is 4.28. The van der Waals surface area contributed by atoms with E-state index in [9.17, 15) is 14.4 Å². The van der Waals surface area contributed by atoms with Gasteiger partial charge in [0.15, 0.2) is 0 Å². The van der Waals surface area contributed by atoms with Crippen molar-refractivity contribution in [3.8, 4) is 0 Å². The number of imide groups is 1. The number of amides is 2. The second-order valence-electron chi connectivity index (χ2n) is 3.93. The zero-order valence-corrected chi connectivity index (χ0v) is 10.2. The van der Waals surface area contributed by atoms with E-state index in [0.29, 0.717) is 11.1 Å². The van der Waals surface area contributed by atoms with E-state index in [2.05, 4.69) is 6.58 Å². The summed E-state index contributed by atoms with van der Waals surface area (Å²) in [5.74, 6) is -0.684. The molecule has 0 saturated carbocycles. The summed E-state index contributed by atoms with van der Waals surface area (Å²) in [6, 6.07) is 6.62. The van der Waals surface area contributed by atoms with Crippen LogP contribution in [0, 0.1) is 0 Å². The van der Waals surface area contributed by atoms with Crippen LogP contribution in [0.3, 0.4) is 0 Å². The number of hydrogen-bond donors (Lipinski definition) is 0. The molecule has 4 nitrogen and oxygen atoms in total. The summed E-state index contributed by atoms with van der Waals surface area (Å²) in [5.41, 5.74) is 0.976. The lowest BCUT2D eigenvalue weighted by Crippen LogP contribution is -2.31. The third-order valence-electron chi connectivity index (χ3n) is 2.79. The Morgan fingerprint density at radius 2 is 1.67 bits per heavy atom. The van der Waals surface area contributed by atoms with Gasteiger partial charge in [0.1, 0.15) is 0 Å². The van der Waals surface area contributed by atoms with Crippen molar-refractivity contribution in [2.24, 2.45) is 0 Å². The van der Waals surface area contributed by atoms with E-state index in [1.54, 1.807) is 24.3 Å². The molecule has 0 saturated heterocycles. The highest BCUT2D eigenvalue weighted by Crippen LogP contribution is 2.23. The molecule has 0 unspecified atom stereocenters. The Bertz CT molecular complexity index is 530. The molecule has 0 atom stereocenters. The minimum Gasteiger partial charge on any atom is -0.276 e. The SMILES string of the molecule is C=C(CCN1C(=O)c2ccccc2C1=O)C(=O)Cl. The third-order valence-corrected chi connectivity index (χ3v) is 3.06. The Kier molecular flexibility index (Phi) is 3.30. The summed E-state index contributed by atoms with van der Waals surface area (Å²) in [4.78, 5) is 35.8. The molecule has 1 aromatic carbocycles. The molecule has 0 radical (unpaired) electrons. The van der Waals surface area contributed by atoms with E-state index in [1.807, 2.05) is 0 Å². The van der Waals surface area contributed by atoms with Gasteiger partial charge in [-0.15, -0.1) is 0 Å². The summed E-state index contributed by atoms with van der Waals surface area (Å²) >= 11 is 5.25. The van der Waals surface area contributed by atoms with Crippen molar-refractivity contribution in [1.82, 2.24) is 4.90 Å². The van der Waals surface area contributed by atoms with Gasteiger partial charge < -0.3 is 0 Å². The van der Waals surface area contributed by atoms with Crippen molar-refractivity contribution in [2.75, 3.05) is 6.54 Å². The van der Waals surface area contributed by atoms with E-state index in [1.165, 1.54) is 0 Å². The van der Waals surface area contributed by atoms with Crippen LogP contribution in [0.1, 0.15) is 27.1 Å². The van der Waals surface area contributed by atoms with E-state index < -0.39 is 5.24 Å². The quantitative estimate of drug-likeness (QED) is 0.474. The Morgan fingerprint density at radius 3 is 2.11 bits per heavy atom. The summed E-state index contributed by atoms with van der Waals surface area (Å²) in [5, 5.41) is -0.647. The molecule has 0 N–H and O–H groups in total. The monoisotopic (exact) mass is 263 g/mol. The van der Waals surface area contributed by atoms with Crippen LogP contribution >= 0.6 is 11.6 Å². The molecule has 1 heterocycles. The lowest BCUT2D eigenvalue weighted by Gasteiger charge is -2.13. The van der Waals surface area contributed by atoms with Crippen molar-refractivity contribution in [3.63, 3.8) is 0 Å². The van der Waals surface area contributed by atoms with E-state index in [-0.39, 0.29) is 30.4 Å². The molecule has 2 rings (SSSR count). The Labute approximate surface area is 109 Å². The number of carbonyl (C=O) groups is 3. The highest BCUT2D eigenvalue weighted by atomic mass is 35.5. The van der Waals surface area contributed by atoms with Gasteiger partial charge in [-0.2, -0.15) is 0 Å². The first-order valence-corrected chi connectivity index (χ1v) is 5.73. The van der Waals surface area contributed by atoms with E-state index >= 15 is 0 Å². The number of carbonyl (C=O) groups excluding carboxylic acids is 3. The lowest BCUT2D eigenvalue weighted by atomic mass is 10.1. The summed E-state index contributed by atoms with van der Waals surface area (Å²) in [7, 11) is 0. The number of benzene rings is 1. The van der Waals surface area contributed by atoms with Gasteiger partial charge in [0, 0.05) is 12.1 Å². The maximum Gasteiger partial charge on any atom is 0.261 e. The number of rotatable bonds is 4. The van der Waals surface area contributed by atoms with Crippen molar-refractivity contribution < 1.29 is 14.4 Å². The van der Waals surface area contributed by atoms with Crippen LogP contribution in [-0.2, 0) is 4.79 Å². The number of nitrogens with zero attached hydrogens (tertiary/aromatic N) is 1. The molecule has 1 aromatic rings. The predicted molar refractivity (Wildman–Crippen MR) is 66.4 cm³/mol. The van der Waals surface area contributed by atoms with Gasteiger partial charge >= 0.3 is 0 Å². The van der Waals surface area contributed by atoms with Gasteiger partial charge in [-0.05, 0) is 30.2 Å². The fraction of sp³-hybridized carbons (Fsp3) is 0.154.